The fourth-order valence-corrected chi connectivity index (χ4v) is 2.74. The Morgan fingerprint density at radius 3 is 2.84 bits per heavy atom. The van der Waals surface area contributed by atoms with Crippen molar-refractivity contribution < 1.29 is 23.1 Å². The van der Waals surface area contributed by atoms with E-state index in [1.807, 2.05) is 0 Å². The Balaban J connectivity index is 1.84. The van der Waals surface area contributed by atoms with Gasteiger partial charge in [-0.1, -0.05) is 0 Å². The van der Waals surface area contributed by atoms with Crippen LogP contribution in [0, 0.1) is 12.7 Å². The molecule has 0 spiro atoms. The van der Waals surface area contributed by atoms with Crippen LogP contribution in [0.15, 0.2) is 41.1 Å². The van der Waals surface area contributed by atoms with Gasteiger partial charge in [0.15, 0.2) is 0 Å². The fourth-order valence-electron chi connectivity index (χ4n) is 2.74. The molecule has 1 amide bonds. The lowest BCUT2D eigenvalue weighted by Gasteiger charge is -2.16. The Morgan fingerprint density at radius 2 is 2.16 bits per heavy atom. The van der Waals surface area contributed by atoms with Crippen molar-refractivity contribution in [3.63, 3.8) is 0 Å². The van der Waals surface area contributed by atoms with Crippen LogP contribution in [0.3, 0.4) is 0 Å². The summed E-state index contributed by atoms with van der Waals surface area (Å²) >= 11 is 0. The van der Waals surface area contributed by atoms with E-state index in [9.17, 15) is 14.0 Å². The van der Waals surface area contributed by atoms with Crippen LogP contribution in [-0.4, -0.2) is 30.0 Å². The van der Waals surface area contributed by atoms with Gasteiger partial charge in [-0.05, 0) is 36.8 Å². The number of rotatable bonds is 5. The fraction of sp³-hybridized carbons (Fsp3) is 0.222. The smallest absolute Gasteiger partial charge is 0.328 e. The van der Waals surface area contributed by atoms with E-state index in [4.69, 9.17) is 9.15 Å². The molecule has 0 bridgehead atoms. The monoisotopic (exact) mass is 344 g/mol. The zero-order valence-electron chi connectivity index (χ0n) is 13.8. The van der Waals surface area contributed by atoms with Gasteiger partial charge in [0.25, 0.3) is 5.91 Å². The van der Waals surface area contributed by atoms with Crippen molar-refractivity contribution in [3.05, 3.63) is 59.4 Å². The van der Waals surface area contributed by atoms with Gasteiger partial charge < -0.3 is 19.5 Å². The van der Waals surface area contributed by atoms with Gasteiger partial charge in [-0.25, -0.2) is 9.18 Å². The van der Waals surface area contributed by atoms with Crippen LogP contribution in [0.1, 0.15) is 21.7 Å². The maximum absolute atomic E-state index is 13.3. The summed E-state index contributed by atoms with van der Waals surface area (Å²) in [6, 6.07) is 5.01. The number of esters is 1. The number of H-pyrrole nitrogens is 1. The van der Waals surface area contributed by atoms with E-state index in [0.29, 0.717) is 16.8 Å². The second-order valence-corrected chi connectivity index (χ2v) is 5.65. The van der Waals surface area contributed by atoms with Crippen LogP contribution < -0.4 is 5.32 Å². The Bertz CT molecular complexity index is 928. The first kappa shape index (κ1) is 16.8. The van der Waals surface area contributed by atoms with Gasteiger partial charge in [0, 0.05) is 23.5 Å². The Labute approximate surface area is 143 Å². The molecule has 1 aromatic carbocycles. The number of ether oxygens (including phenoxy) is 1. The molecule has 0 saturated heterocycles. The van der Waals surface area contributed by atoms with Crippen molar-refractivity contribution >= 4 is 22.8 Å². The normalized spacial score (nSPS) is 12.1. The van der Waals surface area contributed by atoms with Crippen LogP contribution in [0.25, 0.3) is 10.9 Å². The number of carbonyl (C=O) groups excluding carboxylic acids is 2. The first-order valence-corrected chi connectivity index (χ1v) is 7.68. The number of aromatic amines is 1. The van der Waals surface area contributed by atoms with Crippen molar-refractivity contribution in [2.45, 2.75) is 19.4 Å². The number of hydrogen-bond donors (Lipinski definition) is 2. The number of amides is 1. The minimum Gasteiger partial charge on any atom is -0.469 e. The molecule has 0 radical (unpaired) electrons. The number of benzene rings is 1. The third-order valence-corrected chi connectivity index (χ3v) is 4.05. The molecule has 3 aromatic rings. The highest BCUT2D eigenvalue weighted by Gasteiger charge is 2.25. The van der Waals surface area contributed by atoms with Crippen molar-refractivity contribution in [1.82, 2.24) is 10.3 Å². The zero-order chi connectivity index (χ0) is 18.0. The summed E-state index contributed by atoms with van der Waals surface area (Å²) in [5, 5.41) is 3.45. The van der Waals surface area contributed by atoms with E-state index < -0.39 is 17.9 Å². The molecule has 0 unspecified atom stereocenters. The number of carbonyl (C=O) groups is 2. The van der Waals surface area contributed by atoms with Crippen molar-refractivity contribution in [2.75, 3.05) is 7.11 Å². The average Bonchev–Trinajstić information content (AvgIpc) is 3.19. The maximum atomic E-state index is 13.3. The molecule has 25 heavy (non-hydrogen) atoms. The summed E-state index contributed by atoms with van der Waals surface area (Å²) in [5.74, 6) is -0.878. The maximum Gasteiger partial charge on any atom is 0.328 e. The van der Waals surface area contributed by atoms with E-state index in [1.165, 1.54) is 31.6 Å². The predicted molar refractivity (Wildman–Crippen MR) is 88.7 cm³/mol. The summed E-state index contributed by atoms with van der Waals surface area (Å²) in [6.07, 6.45) is 3.31. The van der Waals surface area contributed by atoms with E-state index in [0.717, 1.165) is 10.9 Å². The Morgan fingerprint density at radius 1 is 1.36 bits per heavy atom. The van der Waals surface area contributed by atoms with Gasteiger partial charge in [-0.2, -0.15) is 0 Å². The molecule has 130 valence electrons. The van der Waals surface area contributed by atoms with Gasteiger partial charge in [0.2, 0.25) is 0 Å². The van der Waals surface area contributed by atoms with Crippen LogP contribution >= 0.6 is 0 Å². The number of hydrogen-bond acceptors (Lipinski definition) is 4. The third kappa shape index (κ3) is 3.40. The second kappa shape index (κ2) is 6.80. The van der Waals surface area contributed by atoms with Crippen LogP contribution in [-0.2, 0) is 16.0 Å². The van der Waals surface area contributed by atoms with Crippen LogP contribution in [0.5, 0.6) is 0 Å². The molecule has 2 aromatic heterocycles. The lowest BCUT2D eigenvalue weighted by atomic mass is 10.0. The summed E-state index contributed by atoms with van der Waals surface area (Å²) in [6.45, 7) is 1.66. The van der Waals surface area contributed by atoms with Gasteiger partial charge in [0.05, 0.1) is 18.9 Å². The number of aromatic nitrogens is 1. The highest BCUT2D eigenvalue weighted by atomic mass is 19.1. The highest BCUT2D eigenvalue weighted by molar-refractivity contribution is 5.97. The zero-order valence-corrected chi connectivity index (χ0v) is 13.8. The first-order chi connectivity index (χ1) is 12.0. The molecule has 7 heteroatoms. The topological polar surface area (TPSA) is 84.3 Å². The standard InChI is InChI=1S/C18H17FN2O4/c1-10-13(5-6-25-10)17(22)21-16(18(23)24-2)7-11-9-20-15-8-12(19)3-4-14(11)15/h3-6,8-9,16,20H,7H2,1-2H3,(H,21,22)/t16-/m1/s1. The average molecular weight is 344 g/mol. The van der Waals surface area contributed by atoms with Crippen molar-refractivity contribution in [2.24, 2.45) is 0 Å². The van der Waals surface area contributed by atoms with Gasteiger partial charge in [-0.15, -0.1) is 0 Å². The SMILES string of the molecule is COC(=O)[C@@H](Cc1c[nH]c2cc(F)ccc12)NC(=O)c1ccoc1C. The largest absolute Gasteiger partial charge is 0.469 e. The quantitative estimate of drug-likeness (QED) is 0.697. The van der Waals surface area contributed by atoms with Crippen LogP contribution in [0.2, 0.25) is 0 Å². The molecule has 1 atom stereocenters. The van der Waals surface area contributed by atoms with Crippen molar-refractivity contribution in [3.8, 4) is 0 Å². The second-order valence-electron chi connectivity index (χ2n) is 5.65. The molecule has 3 rings (SSSR count). The highest BCUT2D eigenvalue weighted by Crippen LogP contribution is 2.21. The number of nitrogens with one attached hydrogen (secondary N) is 2. The van der Waals surface area contributed by atoms with Crippen LogP contribution in [0.4, 0.5) is 4.39 Å². The van der Waals surface area contributed by atoms with Gasteiger partial charge >= 0.3 is 5.97 Å². The molecular weight excluding hydrogens is 327 g/mol. The predicted octanol–water partition coefficient (Wildman–Crippen LogP) is 2.72. The molecule has 0 aliphatic rings. The number of furan rings is 1. The van der Waals surface area contributed by atoms with E-state index in [-0.39, 0.29) is 12.2 Å². The third-order valence-electron chi connectivity index (χ3n) is 4.05. The molecule has 2 N–H and O–H groups in total. The summed E-state index contributed by atoms with van der Waals surface area (Å²) < 4.78 is 23.2. The minimum absolute atomic E-state index is 0.209. The summed E-state index contributed by atoms with van der Waals surface area (Å²) in [7, 11) is 1.26. The Hall–Kier alpha value is -3.09. The molecular formula is C18H17FN2O4. The molecule has 2 heterocycles. The lowest BCUT2D eigenvalue weighted by Crippen LogP contribution is -2.43. The minimum atomic E-state index is -0.879. The number of aryl methyl sites for hydroxylation is 1. The first-order valence-electron chi connectivity index (χ1n) is 7.68. The lowest BCUT2D eigenvalue weighted by molar-refractivity contribution is -0.142. The molecule has 0 aliphatic carbocycles. The molecule has 0 saturated carbocycles. The number of fused-ring (bicyclic) bond motifs is 1. The molecule has 6 nitrogen and oxygen atoms in total. The van der Waals surface area contributed by atoms with Crippen molar-refractivity contribution in [1.29, 1.82) is 0 Å². The van der Waals surface area contributed by atoms with E-state index in [2.05, 4.69) is 10.3 Å². The van der Waals surface area contributed by atoms with Gasteiger partial charge in [0.1, 0.15) is 17.6 Å². The van der Waals surface area contributed by atoms with E-state index in [1.54, 1.807) is 19.2 Å². The van der Waals surface area contributed by atoms with Gasteiger partial charge in [-0.3, -0.25) is 4.79 Å². The van der Waals surface area contributed by atoms with E-state index >= 15 is 0 Å². The molecule has 0 aliphatic heterocycles. The molecule has 0 fully saturated rings. The Kier molecular flexibility index (Phi) is 4.56. The summed E-state index contributed by atoms with van der Waals surface area (Å²) in [4.78, 5) is 27.4. The summed E-state index contributed by atoms with van der Waals surface area (Å²) in [5.41, 5.74) is 1.75. The number of halogens is 1. The number of methoxy groups -OCH3 is 1.